The summed E-state index contributed by atoms with van der Waals surface area (Å²) in [4.78, 5) is 11.7. The van der Waals surface area contributed by atoms with Crippen LogP contribution in [0.2, 0.25) is 0 Å². The van der Waals surface area contributed by atoms with Crippen LogP contribution in [0, 0.1) is 6.92 Å². The molecule has 2 aromatic rings. The molecule has 26 heavy (non-hydrogen) atoms. The zero-order valence-electron chi connectivity index (χ0n) is 15.2. The lowest BCUT2D eigenvalue weighted by Crippen LogP contribution is -2.28. The van der Waals surface area contributed by atoms with Gasteiger partial charge in [-0.2, -0.15) is 0 Å². The van der Waals surface area contributed by atoms with Gasteiger partial charge in [0.1, 0.15) is 5.75 Å². The molecule has 0 spiro atoms. The summed E-state index contributed by atoms with van der Waals surface area (Å²) in [5, 5.41) is 18.2. The average Bonchev–Trinajstić information content (AvgIpc) is 3.13. The SMILES string of the molecule is CC.CCOC(=O)CC1OB(O)c2cc(Oc3nnc(N)s3)cc(C)c21. The highest BCUT2D eigenvalue weighted by Crippen LogP contribution is 2.34. The summed E-state index contributed by atoms with van der Waals surface area (Å²) in [6.45, 7) is 7.91. The number of nitrogens with zero attached hydrogens (tertiary/aromatic N) is 2. The number of hydrogen-bond acceptors (Lipinski definition) is 9. The number of nitrogen functional groups attached to an aromatic ring is 1. The van der Waals surface area contributed by atoms with Crippen LogP contribution in [-0.2, 0) is 14.2 Å². The third-order valence-corrected chi connectivity index (χ3v) is 4.19. The number of nitrogens with two attached hydrogens (primary N) is 1. The normalized spacial score (nSPS) is 15.1. The van der Waals surface area contributed by atoms with Crippen LogP contribution >= 0.6 is 11.3 Å². The molecule has 1 aromatic carbocycles. The molecule has 3 rings (SSSR count). The molecule has 0 radical (unpaired) electrons. The van der Waals surface area contributed by atoms with Gasteiger partial charge in [0.25, 0.3) is 0 Å². The second-order valence-electron chi connectivity index (χ2n) is 5.24. The minimum absolute atomic E-state index is 0.0475. The maximum atomic E-state index is 11.7. The van der Waals surface area contributed by atoms with E-state index in [9.17, 15) is 9.82 Å². The number of ether oxygens (including phenoxy) is 2. The molecule has 140 valence electrons. The number of carbonyl (C=O) groups excluding carboxylic acids is 1. The first-order chi connectivity index (χ1) is 12.5. The van der Waals surface area contributed by atoms with Crippen molar-refractivity contribution in [1.82, 2.24) is 10.2 Å². The molecule has 1 unspecified atom stereocenters. The predicted octanol–water partition coefficient (Wildman–Crippen LogP) is 1.96. The highest BCUT2D eigenvalue weighted by atomic mass is 32.1. The second kappa shape index (κ2) is 8.97. The first kappa shape index (κ1) is 20.2. The van der Waals surface area contributed by atoms with Crippen LogP contribution in [0.3, 0.4) is 0 Å². The molecule has 0 amide bonds. The Morgan fingerprint density at radius 2 is 2.15 bits per heavy atom. The van der Waals surface area contributed by atoms with Gasteiger partial charge in [0.15, 0.2) is 0 Å². The first-order valence-electron chi connectivity index (χ1n) is 8.38. The van der Waals surface area contributed by atoms with Crippen LogP contribution in [0.5, 0.6) is 10.9 Å². The van der Waals surface area contributed by atoms with E-state index in [0.717, 1.165) is 22.5 Å². The van der Waals surface area contributed by atoms with Gasteiger partial charge in [-0.05, 0) is 53.9 Å². The Bertz CT molecular complexity index is 770. The van der Waals surface area contributed by atoms with Crippen molar-refractivity contribution in [3.05, 3.63) is 23.3 Å². The second-order valence-corrected chi connectivity index (χ2v) is 6.21. The fraction of sp³-hybridized carbons (Fsp3) is 0.438. The van der Waals surface area contributed by atoms with Crippen molar-refractivity contribution < 1.29 is 23.9 Å². The van der Waals surface area contributed by atoms with Gasteiger partial charge >= 0.3 is 18.3 Å². The number of benzene rings is 1. The van der Waals surface area contributed by atoms with Gasteiger partial charge in [-0.25, -0.2) is 0 Å². The Morgan fingerprint density at radius 3 is 2.77 bits per heavy atom. The van der Waals surface area contributed by atoms with Crippen molar-refractivity contribution >= 4 is 35.0 Å². The Hall–Kier alpha value is -2.17. The molecule has 3 N–H and O–H groups in total. The molecule has 0 fully saturated rings. The molecule has 0 aliphatic carbocycles. The zero-order valence-corrected chi connectivity index (χ0v) is 16.0. The van der Waals surface area contributed by atoms with E-state index in [4.69, 9.17) is 19.9 Å². The van der Waals surface area contributed by atoms with Gasteiger partial charge in [0.2, 0.25) is 5.13 Å². The van der Waals surface area contributed by atoms with E-state index in [1.54, 1.807) is 19.1 Å². The predicted molar refractivity (Wildman–Crippen MR) is 99.6 cm³/mol. The lowest BCUT2D eigenvalue weighted by molar-refractivity contribution is -0.145. The summed E-state index contributed by atoms with van der Waals surface area (Å²) >= 11 is 1.12. The minimum atomic E-state index is -1.12. The van der Waals surface area contributed by atoms with Crippen molar-refractivity contribution in [2.75, 3.05) is 12.3 Å². The molecule has 8 nitrogen and oxygen atoms in total. The van der Waals surface area contributed by atoms with Crippen LogP contribution < -0.4 is 15.9 Å². The molecule has 1 aliphatic heterocycles. The van der Waals surface area contributed by atoms with Crippen LogP contribution in [0.4, 0.5) is 5.13 Å². The van der Waals surface area contributed by atoms with E-state index in [0.29, 0.717) is 28.1 Å². The molecule has 10 heteroatoms. The van der Waals surface area contributed by atoms with Crippen molar-refractivity contribution in [2.24, 2.45) is 0 Å². The standard InChI is InChI=1S/C14H16BN3O5S.C2H6/c1-3-21-11(19)6-10-12-7(2)4-8(5-9(12)15(20)23-10)22-14-18-17-13(16)24-14;1-2/h4-5,10,20H,3,6H2,1-2H3,(H2,16,17);1-2H3. The van der Waals surface area contributed by atoms with E-state index in [1.165, 1.54) is 0 Å². The number of hydrogen-bond donors (Lipinski definition) is 2. The number of aryl methyl sites for hydroxylation is 1. The van der Waals surface area contributed by atoms with Crippen LogP contribution in [0.15, 0.2) is 12.1 Å². The largest absolute Gasteiger partial charge is 0.492 e. The van der Waals surface area contributed by atoms with Crippen molar-refractivity contribution in [3.8, 4) is 10.9 Å². The molecule has 0 saturated carbocycles. The maximum absolute atomic E-state index is 11.7. The zero-order chi connectivity index (χ0) is 19.3. The Kier molecular flexibility index (Phi) is 6.95. The Labute approximate surface area is 156 Å². The summed E-state index contributed by atoms with van der Waals surface area (Å²) in [6, 6.07) is 3.45. The first-order valence-corrected chi connectivity index (χ1v) is 9.20. The average molecular weight is 379 g/mol. The highest BCUT2D eigenvalue weighted by molar-refractivity contribution is 7.16. The number of fused-ring (bicyclic) bond motifs is 1. The molecule has 1 aliphatic rings. The van der Waals surface area contributed by atoms with E-state index < -0.39 is 13.2 Å². The van der Waals surface area contributed by atoms with Crippen molar-refractivity contribution in [1.29, 1.82) is 0 Å². The molecule has 0 saturated heterocycles. The smallest absolute Gasteiger partial charge is 0.466 e. The summed E-state index contributed by atoms with van der Waals surface area (Å²) in [6.07, 6.45) is -0.494. The third-order valence-electron chi connectivity index (χ3n) is 3.56. The van der Waals surface area contributed by atoms with Gasteiger partial charge in [-0.1, -0.05) is 18.9 Å². The minimum Gasteiger partial charge on any atom is -0.466 e. The number of rotatable bonds is 5. The maximum Gasteiger partial charge on any atom is 0.492 e. The molecule has 0 bridgehead atoms. The lowest BCUT2D eigenvalue weighted by Gasteiger charge is -2.14. The molecular formula is C16H22BN3O5S. The fourth-order valence-electron chi connectivity index (χ4n) is 2.68. The van der Waals surface area contributed by atoms with E-state index in [-0.39, 0.29) is 12.4 Å². The Balaban J connectivity index is 0.00000117. The summed E-state index contributed by atoms with van der Waals surface area (Å²) < 4.78 is 16.1. The van der Waals surface area contributed by atoms with Gasteiger partial charge in [-0.3, -0.25) is 4.79 Å². The van der Waals surface area contributed by atoms with E-state index in [2.05, 4.69) is 10.2 Å². The number of anilines is 1. The van der Waals surface area contributed by atoms with Gasteiger partial charge in [0.05, 0.1) is 19.1 Å². The summed E-state index contributed by atoms with van der Waals surface area (Å²) in [5.41, 5.74) is 7.71. The van der Waals surface area contributed by atoms with Gasteiger partial charge in [0, 0.05) is 0 Å². The molecule has 2 heterocycles. The Morgan fingerprint density at radius 1 is 1.42 bits per heavy atom. The van der Waals surface area contributed by atoms with Crippen LogP contribution in [-0.4, -0.2) is 34.9 Å². The van der Waals surface area contributed by atoms with E-state index in [1.807, 2.05) is 20.8 Å². The number of carbonyl (C=O) groups is 1. The molecular weight excluding hydrogens is 357 g/mol. The van der Waals surface area contributed by atoms with E-state index >= 15 is 0 Å². The quantitative estimate of drug-likeness (QED) is 0.598. The molecule has 1 atom stereocenters. The van der Waals surface area contributed by atoms with Gasteiger partial charge in [-0.15, -0.1) is 5.10 Å². The summed E-state index contributed by atoms with van der Waals surface area (Å²) in [7, 11) is -1.12. The summed E-state index contributed by atoms with van der Waals surface area (Å²) in [5.74, 6) is 0.119. The van der Waals surface area contributed by atoms with Gasteiger partial charge < -0.3 is 24.9 Å². The molecule has 1 aromatic heterocycles. The van der Waals surface area contributed by atoms with Crippen molar-refractivity contribution in [2.45, 2.75) is 40.2 Å². The van der Waals surface area contributed by atoms with Crippen LogP contribution in [0.1, 0.15) is 44.4 Å². The fourth-order valence-corrected chi connectivity index (χ4v) is 3.16. The monoisotopic (exact) mass is 379 g/mol. The topological polar surface area (TPSA) is 117 Å². The third kappa shape index (κ3) is 4.51. The lowest BCUT2D eigenvalue weighted by atomic mass is 9.77. The highest BCUT2D eigenvalue weighted by Gasteiger charge is 2.38. The number of esters is 1. The van der Waals surface area contributed by atoms with Crippen molar-refractivity contribution in [3.63, 3.8) is 0 Å². The number of aromatic nitrogens is 2. The van der Waals surface area contributed by atoms with Crippen LogP contribution in [0.25, 0.3) is 0 Å².